The minimum atomic E-state index is -4.14. The van der Waals surface area contributed by atoms with Gasteiger partial charge in [-0.2, -0.15) is 0 Å². The molecule has 0 aliphatic heterocycles. The molecule has 4 aromatic carbocycles. The van der Waals surface area contributed by atoms with E-state index in [9.17, 15) is 13.2 Å². The molecule has 0 radical (unpaired) electrons. The Morgan fingerprint density at radius 1 is 0.763 bits per heavy atom. The van der Waals surface area contributed by atoms with Gasteiger partial charge in [-0.05, 0) is 78.9 Å². The second-order valence-corrected chi connectivity index (χ2v) is 11.0. The molecule has 38 heavy (non-hydrogen) atoms. The highest BCUT2D eigenvalue weighted by atomic mass is 35.5. The first kappa shape index (κ1) is 27.2. The van der Waals surface area contributed by atoms with Crippen LogP contribution in [0.25, 0.3) is 0 Å². The Labute approximate surface area is 228 Å². The predicted molar refractivity (Wildman–Crippen MR) is 151 cm³/mol. The maximum Gasteiger partial charge on any atom is 0.336 e. The fraction of sp³-hybridized carbons (Fsp3) is 0.167. The van der Waals surface area contributed by atoms with Crippen LogP contribution in [0.15, 0.2) is 114 Å². The van der Waals surface area contributed by atoms with Gasteiger partial charge in [-0.1, -0.05) is 72.3 Å². The fourth-order valence-electron chi connectivity index (χ4n) is 3.84. The molecule has 0 fully saturated rings. The monoisotopic (exact) mass is 548 g/mol. The predicted octanol–water partition coefficient (Wildman–Crippen LogP) is 7.16. The molecule has 0 aromatic heterocycles. The standard InChI is InChI=1S/C30H29ClN2O4S/c31-26-14-20-29(21-15-26)38(35,36)33(23-25-12-5-2-6-13-25)30(34)32-27-16-18-28(19-17-27)37-22-8-7-11-24-9-3-1-4-10-24/h1-6,9-10,12-21H,7-8,11,22-23H2,(H,32,34). The molecule has 0 saturated carbocycles. The van der Waals surface area contributed by atoms with E-state index in [2.05, 4.69) is 17.4 Å². The zero-order chi connectivity index (χ0) is 26.8. The minimum Gasteiger partial charge on any atom is -0.494 e. The summed E-state index contributed by atoms with van der Waals surface area (Å²) in [4.78, 5) is 13.2. The van der Waals surface area contributed by atoms with Crippen molar-refractivity contribution in [3.8, 4) is 5.75 Å². The van der Waals surface area contributed by atoms with E-state index in [1.54, 1.807) is 48.5 Å². The van der Waals surface area contributed by atoms with Crippen molar-refractivity contribution < 1.29 is 17.9 Å². The zero-order valence-corrected chi connectivity index (χ0v) is 22.4. The van der Waals surface area contributed by atoms with Crippen LogP contribution >= 0.6 is 11.6 Å². The Balaban J connectivity index is 1.38. The normalized spacial score (nSPS) is 11.1. The van der Waals surface area contributed by atoms with Crippen molar-refractivity contribution in [1.82, 2.24) is 4.31 Å². The number of anilines is 1. The number of nitrogens with one attached hydrogen (secondary N) is 1. The number of halogens is 1. The summed E-state index contributed by atoms with van der Waals surface area (Å²) in [5, 5.41) is 3.10. The molecule has 0 heterocycles. The first-order chi connectivity index (χ1) is 18.4. The summed E-state index contributed by atoms with van der Waals surface area (Å²) in [5.74, 6) is 0.678. The van der Waals surface area contributed by atoms with Crippen molar-refractivity contribution in [1.29, 1.82) is 0 Å². The summed E-state index contributed by atoms with van der Waals surface area (Å²) >= 11 is 5.93. The van der Waals surface area contributed by atoms with Gasteiger partial charge in [-0.3, -0.25) is 0 Å². The van der Waals surface area contributed by atoms with E-state index in [1.165, 1.54) is 29.8 Å². The van der Waals surface area contributed by atoms with Crippen molar-refractivity contribution in [2.45, 2.75) is 30.7 Å². The summed E-state index contributed by atoms with van der Waals surface area (Å²) in [7, 11) is -4.14. The number of urea groups is 1. The Morgan fingerprint density at radius 2 is 1.37 bits per heavy atom. The first-order valence-electron chi connectivity index (χ1n) is 12.3. The topological polar surface area (TPSA) is 75.7 Å². The number of nitrogens with zero attached hydrogens (tertiary/aromatic N) is 1. The number of hydrogen-bond acceptors (Lipinski definition) is 4. The van der Waals surface area contributed by atoms with Crippen LogP contribution in [-0.2, 0) is 23.0 Å². The van der Waals surface area contributed by atoms with Crippen LogP contribution < -0.4 is 10.1 Å². The van der Waals surface area contributed by atoms with E-state index in [0.717, 1.165) is 23.6 Å². The number of unbranched alkanes of at least 4 members (excludes halogenated alkanes) is 1. The summed E-state index contributed by atoms with van der Waals surface area (Å²) in [6.45, 7) is 0.463. The van der Waals surface area contributed by atoms with Gasteiger partial charge in [-0.25, -0.2) is 17.5 Å². The molecule has 6 nitrogen and oxygen atoms in total. The lowest BCUT2D eigenvalue weighted by Gasteiger charge is -2.23. The van der Waals surface area contributed by atoms with Gasteiger partial charge < -0.3 is 10.1 Å². The first-order valence-corrected chi connectivity index (χ1v) is 14.1. The van der Waals surface area contributed by atoms with Gasteiger partial charge in [0.15, 0.2) is 0 Å². The van der Waals surface area contributed by atoms with Crippen LogP contribution in [0.5, 0.6) is 5.75 Å². The minimum absolute atomic E-state index is 0.0241. The number of hydrogen-bond donors (Lipinski definition) is 1. The van der Waals surface area contributed by atoms with Gasteiger partial charge in [-0.15, -0.1) is 0 Å². The van der Waals surface area contributed by atoms with Crippen LogP contribution in [0.1, 0.15) is 24.0 Å². The summed E-state index contributed by atoms with van der Waals surface area (Å²) in [6, 6.07) is 31.1. The Morgan fingerprint density at radius 3 is 2.00 bits per heavy atom. The molecule has 1 N–H and O–H groups in total. The maximum atomic E-state index is 13.4. The van der Waals surface area contributed by atoms with E-state index in [0.29, 0.717) is 28.6 Å². The molecule has 0 aliphatic carbocycles. The SMILES string of the molecule is O=C(Nc1ccc(OCCCCc2ccccc2)cc1)N(Cc1ccccc1)S(=O)(=O)c1ccc(Cl)cc1. The lowest BCUT2D eigenvalue weighted by molar-refractivity contribution is 0.234. The molecule has 0 bridgehead atoms. The summed E-state index contributed by atoms with van der Waals surface area (Å²) in [6.07, 6.45) is 2.95. The lowest BCUT2D eigenvalue weighted by atomic mass is 10.1. The highest BCUT2D eigenvalue weighted by Crippen LogP contribution is 2.23. The van der Waals surface area contributed by atoms with Gasteiger partial charge in [0.1, 0.15) is 5.75 Å². The lowest BCUT2D eigenvalue weighted by Crippen LogP contribution is -2.39. The maximum absolute atomic E-state index is 13.4. The average molecular weight is 549 g/mol. The molecule has 4 rings (SSSR count). The van der Waals surface area contributed by atoms with Crippen molar-refractivity contribution in [2.24, 2.45) is 0 Å². The molecule has 0 saturated heterocycles. The van der Waals surface area contributed by atoms with Crippen LogP contribution in [0.4, 0.5) is 10.5 Å². The third-order valence-electron chi connectivity index (χ3n) is 5.87. The highest BCUT2D eigenvalue weighted by Gasteiger charge is 2.29. The van der Waals surface area contributed by atoms with Gasteiger partial charge in [0, 0.05) is 10.7 Å². The fourth-order valence-corrected chi connectivity index (χ4v) is 5.28. The van der Waals surface area contributed by atoms with E-state index in [-0.39, 0.29) is 11.4 Å². The Hall–Kier alpha value is -3.81. The van der Waals surface area contributed by atoms with Crippen LogP contribution in [0.3, 0.4) is 0 Å². The van der Waals surface area contributed by atoms with Crippen molar-refractivity contribution >= 4 is 33.3 Å². The van der Waals surface area contributed by atoms with Crippen LogP contribution in [0, 0.1) is 0 Å². The van der Waals surface area contributed by atoms with E-state index in [1.807, 2.05) is 24.3 Å². The van der Waals surface area contributed by atoms with Crippen molar-refractivity contribution in [3.63, 3.8) is 0 Å². The van der Waals surface area contributed by atoms with E-state index < -0.39 is 16.1 Å². The molecular formula is C30H29ClN2O4S. The number of carbonyl (C=O) groups is 1. The molecule has 196 valence electrons. The quantitative estimate of drug-likeness (QED) is 0.202. The number of ether oxygens (including phenoxy) is 1. The Kier molecular flexibility index (Phi) is 9.40. The van der Waals surface area contributed by atoms with Crippen molar-refractivity contribution in [3.05, 3.63) is 125 Å². The molecule has 0 spiro atoms. The van der Waals surface area contributed by atoms with E-state index in [4.69, 9.17) is 16.3 Å². The molecule has 4 aromatic rings. The van der Waals surface area contributed by atoms with Gasteiger partial charge in [0.05, 0.1) is 18.0 Å². The van der Waals surface area contributed by atoms with Crippen LogP contribution in [0.2, 0.25) is 5.02 Å². The number of carbonyl (C=O) groups excluding carboxylic acids is 1. The Bertz CT molecular complexity index is 1410. The van der Waals surface area contributed by atoms with Gasteiger partial charge in [0.25, 0.3) is 10.0 Å². The second kappa shape index (κ2) is 13.1. The highest BCUT2D eigenvalue weighted by molar-refractivity contribution is 7.89. The molecule has 0 unspecified atom stereocenters. The van der Waals surface area contributed by atoms with E-state index >= 15 is 0 Å². The van der Waals surface area contributed by atoms with Gasteiger partial charge >= 0.3 is 6.03 Å². The molecular weight excluding hydrogens is 520 g/mol. The smallest absolute Gasteiger partial charge is 0.336 e. The number of benzene rings is 4. The number of sulfonamides is 1. The average Bonchev–Trinajstić information content (AvgIpc) is 2.93. The third kappa shape index (κ3) is 7.60. The molecule has 0 atom stereocenters. The van der Waals surface area contributed by atoms with Crippen LogP contribution in [-0.4, -0.2) is 25.4 Å². The number of aryl methyl sites for hydroxylation is 1. The molecule has 0 aliphatic rings. The summed E-state index contributed by atoms with van der Waals surface area (Å²) in [5.41, 5.74) is 2.44. The number of rotatable bonds is 11. The van der Waals surface area contributed by atoms with Gasteiger partial charge in [0.2, 0.25) is 0 Å². The van der Waals surface area contributed by atoms with Crippen molar-refractivity contribution in [2.75, 3.05) is 11.9 Å². The zero-order valence-electron chi connectivity index (χ0n) is 20.8. The largest absolute Gasteiger partial charge is 0.494 e. The summed E-state index contributed by atoms with van der Waals surface area (Å²) < 4.78 is 33.4. The molecule has 2 amide bonds. The molecule has 8 heteroatoms. The number of amides is 2. The third-order valence-corrected chi connectivity index (χ3v) is 7.87. The second-order valence-electron chi connectivity index (χ2n) is 8.70.